The van der Waals surface area contributed by atoms with Crippen LogP contribution in [0.5, 0.6) is 0 Å². The highest BCUT2D eigenvalue weighted by Crippen LogP contribution is 2.32. The van der Waals surface area contributed by atoms with Crippen LogP contribution in [0.2, 0.25) is 0 Å². The summed E-state index contributed by atoms with van der Waals surface area (Å²) in [6.07, 6.45) is 1.75. The van der Waals surface area contributed by atoms with Crippen LogP contribution in [0.15, 0.2) is 29.6 Å². The van der Waals surface area contributed by atoms with Crippen LogP contribution in [0, 0.1) is 6.92 Å². The van der Waals surface area contributed by atoms with Crippen LogP contribution >= 0.6 is 11.3 Å². The van der Waals surface area contributed by atoms with E-state index in [-0.39, 0.29) is 17.6 Å². The Kier molecular flexibility index (Phi) is 4.82. The van der Waals surface area contributed by atoms with Gasteiger partial charge in [0.05, 0.1) is 29.0 Å². The molecule has 0 radical (unpaired) electrons. The summed E-state index contributed by atoms with van der Waals surface area (Å²) in [5, 5.41) is 3.09. The van der Waals surface area contributed by atoms with Crippen molar-refractivity contribution in [2.75, 3.05) is 26.3 Å². The van der Waals surface area contributed by atoms with Gasteiger partial charge in [0, 0.05) is 49.1 Å². The van der Waals surface area contributed by atoms with Gasteiger partial charge in [-0.05, 0) is 26.0 Å². The Morgan fingerprint density at radius 2 is 2.00 bits per heavy atom. The minimum atomic E-state index is -0.246. The van der Waals surface area contributed by atoms with E-state index in [1.165, 1.54) is 0 Å². The largest absolute Gasteiger partial charge is 0.381 e. The van der Waals surface area contributed by atoms with E-state index in [1.807, 2.05) is 48.4 Å². The zero-order chi connectivity index (χ0) is 18.1. The topological polar surface area (TPSA) is 51.7 Å². The summed E-state index contributed by atoms with van der Waals surface area (Å²) >= 11 is 1.63. The van der Waals surface area contributed by atoms with E-state index in [0.717, 1.165) is 34.7 Å². The van der Waals surface area contributed by atoms with Crippen molar-refractivity contribution >= 4 is 17.2 Å². The van der Waals surface area contributed by atoms with Crippen LogP contribution in [-0.4, -0.2) is 53.8 Å². The van der Waals surface area contributed by atoms with Gasteiger partial charge in [-0.2, -0.15) is 0 Å². The van der Waals surface area contributed by atoms with E-state index in [1.54, 1.807) is 11.3 Å². The fourth-order valence-corrected chi connectivity index (χ4v) is 4.48. The number of hydrogen-bond acceptors (Lipinski definition) is 5. The van der Waals surface area contributed by atoms with Crippen LogP contribution in [0.4, 0.5) is 0 Å². The number of benzene rings is 1. The third-order valence-electron chi connectivity index (χ3n) is 5.15. The lowest BCUT2D eigenvalue weighted by molar-refractivity contribution is -0.176. The first-order valence-electron chi connectivity index (χ1n) is 9.12. The lowest BCUT2D eigenvalue weighted by Gasteiger charge is -2.47. The summed E-state index contributed by atoms with van der Waals surface area (Å²) in [6.45, 7) is 6.73. The second-order valence-corrected chi connectivity index (χ2v) is 8.30. The van der Waals surface area contributed by atoms with Crippen molar-refractivity contribution in [1.29, 1.82) is 0 Å². The number of hydrogen-bond donors (Lipinski definition) is 0. The van der Waals surface area contributed by atoms with Crippen LogP contribution in [-0.2, 0) is 9.47 Å². The molecule has 1 atom stereocenters. The number of ether oxygens (including phenoxy) is 2. The third-order valence-corrected chi connectivity index (χ3v) is 5.92. The van der Waals surface area contributed by atoms with Gasteiger partial charge in [0.25, 0.3) is 5.91 Å². The van der Waals surface area contributed by atoms with Gasteiger partial charge in [0.15, 0.2) is 0 Å². The highest BCUT2D eigenvalue weighted by atomic mass is 32.1. The predicted molar refractivity (Wildman–Crippen MR) is 102 cm³/mol. The lowest BCUT2D eigenvalue weighted by Crippen LogP contribution is -2.58. The number of morpholine rings is 1. The number of nitrogens with zero attached hydrogens (tertiary/aromatic N) is 2. The Morgan fingerprint density at radius 1 is 1.27 bits per heavy atom. The first kappa shape index (κ1) is 17.6. The summed E-state index contributed by atoms with van der Waals surface area (Å²) in [6, 6.07) is 7.78. The lowest BCUT2D eigenvalue weighted by atomic mass is 9.91. The predicted octanol–water partition coefficient (Wildman–Crippen LogP) is 3.53. The van der Waals surface area contributed by atoms with Crippen LogP contribution in [0.1, 0.15) is 35.1 Å². The molecule has 0 saturated carbocycles. The smallest absolute Gasteiger partial charge is 0.254 e. The van der Waals surface area contributed by atoms with Gasteiger partial charge in [-0.3, -0.25) is 4.79 Å². The van der Waals surface area contributed by atoms with Crippen molar-refractivity contribution in [2.24, 2.45) is 0 Å². The molecule has 4 rings (SSSR count). The van der Waals surface area contributed by atoms with Crippen molar-refractivity contribution in [2.45, 2.75) is 38.4 Å². The Hall–Kier alpha value is -1.76. The van der Waals surface area contributed by atoms with Gasteiger partial charge in [0.1, 0.15) is 0 Å². The van der Waals surface area contributed by atoms with Crippen LogP contribution in [0.25, 0.3) is 11.3 Å². The summed E-state index contributed by atoms with van der Waals surface area (Å²) < 4.78 is 11.7. The maximum Gasteiger partial charge on any atom is 0.254 e. The summed E-state index contributed by atoms with van der Waals surface area (Å²) in [5.74, 6) is 0.0759. The quantitative estimate of drug-likeness (QED) is 0.809. The van der Waals surface area contributed by atoms with Crippen molar-refractivity contribution in [1.82, 2.24) is 9.88 Å². The molecule has 3 heterocycles. The molecule has 0 N–H and O–H groups in total. The number of carbonyl (C=O) groups is 1. The van der Waals surface area contributed by atoms with Crippen molar-refractivity contribution < 1.29 is 14.3 Å². The number of rotatable bonds is 2. The molecule has 2 saturated heterocycles. The Bertz CT molecular complexity index is 781. The summed E-state index contributed by atoms with van der Waals surface area (Å²) in [5.41, 5.74) is 2.48. The van der Waals surface area contributed by atoms with Gasteiger partial charge < -0.3 is 14.4 Å². The zero-order valence-corrected chi connectivity index (χ0v) is 16.1. The number of thiazole rings is 1. The number of aromatic nitrogens is 1. The summed E-state index contributed by atoms with van der Waals surface area (Å²) in [4.78, 5) is 19.5. The molecule has 1 aromatic heterocycles. The molecular formula is C20H24N2O3S. The zero-order valence-electron chi connectivity index (χ0n) is 15.2. The normalized spacial score (nSPS) is 22.5. The van der Waals surface area contributed by atoms with Crippen LogP contribution in [0.3, 0.4) is 0 Å². The Morgan fingerprint density at radius 3 is 2.65 bits per heavy atom. The van der Waals surface area contributed by atoms with E-state index in [0.29, 0.717) is 26.3 Å². The molecule has 138 valence electrons. The van der Waals surface area contributed by atoms with Gasteiger partial charge in [-0.15, -0.1) is 11.3 Å². The molecule has 1 aromatic carbocycles. The standard InChI is InChI=1S/C20H24N2O3S/c1-14-11-22(13-20(25-14)7-9-24-10-8-20)19(23)17-5-3-16(4-6-17)18-12-26-15(2)21-18/h3-6,12,14H,7-11,13H2,1-2H3. The highest BCUT2D eigenvalue weighted by molar-refractivity contribution is 7.09. The second-order valence-electron chi connectivity index (χ2n) is 7.24. The van der Waals surface area contributed by atoms with Crippen molar-refractivity contribution in [3.05, 3.63) is 40.2 Å². The fraction of sp³-hybridized carbons (Fsp3) is 0.500. The van der Waals surface area contributed by atoms with E-state index < -0.39 is 0 Å². The number of aryl methyl sites for hydroxylation is 1. The van der Waals surface area contributed by atoms with E-state index in [4.69, 9.17) is 9.47 Å². The average molecular weight is 372 g/mol. The highest BCUT2D eigenvalue weighted by Gasteiger charge is 2.42. The van der Waals surface area contributed by atoms with Crippen molar-refractivity contribution in [3.63, 3.8) is 0 Å². The molecule has 5 nitrogen and oxygen atoms in total. The first-order valence-corrected chi connectivity index (χ1v) is 10.0. The molecule has 0 bridgehead atoms. The van der Waals surface area contributed by atoms with Gasteiger partial charge in [-0.25, -0.2) is 4.98 Å². The van der Waals surface area contributed by atoms with Gasteiger partial charge in [0.2, 0.25) is 0 Å². The number of carbonyl (C=O) groups excluding carboxylic acids is 1. The third kappa shape index (κ3) is 3.54. The molecule has 2 aliphatic heterocycles. The molecule has 1 amide bonds. The van der Waals surface area contributed by atoms with E-state index in [2.05, 4.69) is 4.98 Å². The summed E-state index contributed by atoms with van der Waals surface area (Å²) in [7, 11) is 0. The maximum atomic E-state index is 13.0. The molecule has 1 spiro atoms. The first-order chi connectivity index (χ1) is 12.5. The molecule has 2 aliphatic rings. The van der Waals surface area contributed by atoms with Gasteiger partial charge in [-0.1, -0.05) is 12.1 Å². The van der Waals surface area contributed by atoms with Gasteiger partial charge >= 0.3 is 0 Å². The van der Waals surface area contributed by atoms with E-state index >= 15 is 0 Å². The maximum absolute atomic E-state index is 13.0. The molecule has 2 fully saturated rings. The van der Waals surface area contributed by atoms with Crippen LogP contribution < -0.4 is 0 Å². The van der Waals surface area contributed by atoms with Crippen molar-refractivity contribution in [3.8, 4) is 11.3 Å². The van der Waals surface area contributed by atoms with E-state index in [9.17, 15) is 4.79 Å². The minimum Gasteiger partial charge on any atom is -0.381 e. The minimum absolute atomic E-state index is 0.0445. The Labute approximate surface area is 157 Å². The molecule has 26 heavy (non-hydrogen) atoms. The number of amides is 1. The monoisotopic (exact) mass is 372 g/mol. The molecular weight excluding hydrogens is 348 g/mol. The molecule has 0 aliphatic carbocycles. The molecule has 1 unspecified atom stereocenters. The Balaban J connectivity index is 1.51. The second kappa shape index (κ2) is 7.10. The fourth-order valence-electron chi connectivity index (χ4n) is 3.86. The average Bonchev–Trinajstić information content (AvgIpc) is 3.07. The molecule has 6 heteroatoms. The molecule has 2 aromatic rings. The SMILES string of the molecule is Cc1nc(-c2ccc(C(=O)N3CC(C)OC4(CCOCC4)C3)cc2)cs1.